The Bertz CT molecular complexity index is 1150. The van der Waals surface area contributed by atoms with Crippen LogP contribution in [0.3, 0.4) is 0 Å². The van der Waals surface area contributed by atoms with E-state index in [0.29, 0.717) is 29.7 Å². The molecule has 0 radical (unpaired) electrons. The maximum atomic E-state index is 12.9. The van der Waals surface area contributed by atoms with Crippen LogP contribution < -0.4 is 4.74 Å². The molecule has 2 aromatic carbocycles. The molecule has 0 bridgehead atoms. The summed E-state index contributed by atoms with van der Waals surface area (Å²) in [5.41, 5.74) is 1.66. The second-order valence-corrected chi connectivity index (χ2v) is 9.58. The van der Waals surface area contributed by atoms with Gasteiger partial charge >= 0.3 is 0 Å². The van der Waals surface area contributed by atoms with Gasteiger partial charge < -0.3 is 19.3 Å². The third-order valence-corrected chi connectivity index (χ3v) is 7.13. The molecular formula is C24H27Cl2N5O3. The Labute approximate surface area is 208 Å². The second-order valence-electron chi connectivity index (χ2n) is 8.76. The Morgan fingerprint density at radius 1 is 1.09 bits per heavy atom. The maximum Gasteiger partial charge on any atom is 0.244 e. The van der Waals surface area contributed by atoms with Crippen LogP contribution in [0.15, 0.2) is 42.5 Å². The summed E-state index contributed by atoms with van der Waals surface area (Å²) in [6.07, 6.45) is 2.00. The molecule has 2 aliphatic rings. The number of hydrogen-bond acceptors (Lipinski definition) is 6. The molecule has 0 saturated carbocycles. The number of ether oxygens (including phenoxy) is 2. The number of aromatic nitrogens is 3. The molecular weight excluding hydrogens is 477 g/mol. The average Bonchev–Trinajstić information content (AvgIpc) is 3.26. The summed E-state index contributed by atoms with van der Waals surface area (Å²) in [4.78, 5) is 17.2. The first-order valence-corrected chi connectivity index (χ1v) is 12.3. The average molecular weight is 504 g/mol. The predicted octanol–water partition coefficient (Wildman–Crippen LogP) is 3.51. The third-order valence-electron chi connectivity index (χ3n) is 6.39. The largest absolute Gasteiger partial charge is 0.490 e. The van der Waals surface area contributed by atoms with Gasteiger partial charge in [-0.25, -0.2) is 4.68 Å². The number of carbonyl (C=O) groups excluding carboxylic acids is 1. The van der Waals surface area contributed by atoms with E-state index in [1.165, 1.54) is 0 Å². The van der Waals surface area contributed by atoms with Crippen molar-refractivity contribution in [1.82, 2.24) is 24.8 Å². The summed E-state index contributed by atoms with van der Waals surface area (Å²) in [6, 6.07) is 13.0. The molecule has 8 nitrogen and oxygen atoms in total. The molecule has 2 aliphatic heterocycles. The number of nitrogens with zero attached hydrogens (tertiary/aromatic N) is 5. The molecule has 0 N–H and O–H groups in total. The first-order chi connectivity index (χ1) is 16.5. The van der Waals surface area contributed by atoms with E-state index in [1.54, 1.807) is 16.8 Å². The number of hydrogen-bond donors (Lipinski definition) is 0. The summed E-state index contributed by atoms with van der Waals surface area (Å²) in [5, 5.41) is 9.31. The molecule has 3 heterocycles. The Morgan fingerprint density at radius 2 is 1.91 bits per heavy atom. The molecule has 1 atom stereocenters. The summed E-state index contributed by atoms with van der Waals surface area (Å²) in [5.74, 6) is 0.787. The van der Waals surface area contributed by atoms with Crippen LogP contribution in [0.1, 0.15) is 12.8 Å². The van der Waals surface area contributed by atoms with Crippen molar-refractivity contribution in [2.24, 2.45) is 0 Å². The van der Waals surface area contributed by atoms with Crippen molar-refractivity contribution >= 4 is 40.1 Å². The lowest BCUT2D eigenvalue weighted by atomic mass is 10.1. The lowest BCUT2D eigenvalue weighted by Gasteiger charge is -2.38. The Hall–Kier alpha value is -2.39. The van der Waals surface area contributed by atoms with Crippen LogP contribution >= 0.6 is 23.2 Å². The summed E-state index contributed by atoms with van der Waals surface area (Å²) < 4.78 is 13.7. The molecule has 10 heteroatoms. The fourth-order valence-electron chi connectivity index (χ4n) is 4.56. The first kappa shape index (κ1) is 23.4. The van der Waals surface area contributed by atoms with E-state index in [2.05, 4.69) is 15.2 Å². The number of rotatable bonds is 6. The third kappa shape index (κ3) is 5.46. The van der Waals surface area contributed by atoms with Crippen molar-refractivity contribution in [3.63, 3.8) is 0 Å². The first-order valence-electron chi connectivity index (χ1n) is 11.6. The molecule has 34 heavy (non-hydrogen) atoms. The van der Waals surface area contributed by atoms with Crippen molar-refractivity contribution in [2.75, 3.05) is 39.3 Å². The number of carbonyl (C=O) groups is 1. The molecule has 2 fully saturated rings. The molecule has 2 saturated heterocycles. The molecule has 180 valence electrons. The highest BCUT2D eigenvalue weighted by Gasteiger charge is 2.28. The zero-order valence-electron chi connectivity index (χ0n) is 18.8. The molecule has 0 aliphatic carbocycles. The fourth-order valence-corrected chi connectivity index (χ4v) is 4.85. The number of halogens is 2. The number of benzene rings is 2. The maximum absolute atomic E-state index is 12.9. The summed E-state index contributed by atoms with van der Waals surface area (Å²) >= 11 is 12.1. The monoisotopic (exact) mass is 503 g/mol. The van der Waals surface area contributed by atoms with Gasteiger partial charge in [-0.1, -0.05) is 40.5 Å². The van der Waals surface area contributed by atoms with E-state index in [4.69, 9.17) is 32.7 Å². The molecule has 3 aromatic rings. The van der Waals surface area contributed by atoms with E-state index >= 15 is 0 Å². The fraction of sp³-hybridized carbons (Fsp3) is 0.458. The Balaban J connectivity index is 1.09. The van der Waals surface area contributed by atoms with E-state index < -0.39 is 0 Å². The van der Waals surface area contributed by atoms with Crippen LogP contribution in [0.25, 0.3) is 11.0 Å². The number of para-hydroxylation sites is 1. The smallest absolute Gasteiger partial charge is 0.244 e. The van der Waals surface area contributed by atoms with Gasteiger partial charge in [0.1, 0.15) is 23.9 Å². The van der Waals surface area contributed by atoms with Gasteiger partial charge in [-0.2, -0.15) is 0 Å². The lowest BCUT2D eigenvalue weighted by molar-refractivity contribution is -0.140. The zero-order valence-corrected chi connectivity index (χ0v) is 20.3. The van der Waals surface area contributed by atoms with Gasteiger partial charge in [0.15, 0.2) is 0 Å². The lowest BCUT2D eigenvalue weighted by Crippen LogP contribution is -2.51. The van der Waals surface area contributed by atoms with Crippen molar-refractivity contribution < 1.29 is 14.3 Å². The van der Waals surface area contributed by atoms with Gasteiger partial charge in [-0.3, -0.25) is 4.79 Å². The number of morpholine rings is 1. The van der Waals surface area contributed by atoms with Gasteiger partial charge in [0.05, 0.1) is 28.3 Å². The van der Waals surface area contributed by atoms with E-state index in [1.807, 2.05) is 35.2 Å². The van der Waals surface area contributed by atoms with Gasteiger partial charge in [0.2, 0.25) is 5.91 Å². The van der Waals surface area contributed by atoms with Crippen LogP contribution in [0.5, 0.6) is 5.75 Å². The Kier molecular flexibility index (Phi) is 7.20. The van der Waals surface area contributed by atoms with Crippen molar-refractivity contribution in [1.29, 1.82) is 0 Å². The number of piperidine rings is 1. The molecule has 0 spiro atoms. The second kappa shape index (κ2) is 10.5. The van der Waals surface area contributed by atoms with Crippen molar-refractivity contribution in [2.45, 2.75) is 31.6 Å². The topological polar surface area (TPSA) is 72.7 Å². The van der Waals surface area contributed by atoms with Crippen molar-refractivity contribution in [3.05, 3.63) is 52.5 Å². The highest BCUT2D eigenvalue weighted by atomic mass is 35.5. The van der Waals surface area contributed by atoms with Crippen LogP contribution in [0.4, 0.5) is 0 Å². The standard InChI is InChI=1S/C24H27Cl2N5O3/c25-20-6-5-18(13-21(20)26)34-17-7-9-29(10-8-17)14-19-15-30(11-12-33-19)24(32)16-31-23-4-2-1-3-22(23)27-28-31/h1-6,13,17,19H,7-12,14-16H2. The van der Waals surface area contributed by atoms with Crippen LogP contribution in [-0.4, -0.2) is 82.2 Å². The highest BCUT2D eigenvalue weighted by molar-refractivity contribution is 6.42. The Morgan fingerprint density at radius 3 is 2.74 bits per heavy atom. The van der Waals surface area contributed by atoms with Gasteiger partial charge in [-0.05, 0) is 37.1 Å². The van der Waals surface area contributed by atoms with Crippen LogP contribution in [0, 0.1) is 0 Å². The predicted molar refractivity (Wildman–Crippen MR) is 130 cm³/mol. The highest BCUT2D eigenvalue weighted by Crippen LogP contribution is 2.28. The number of likely N-dealkylation sites (tertiary alicyclic amines) is 1. The minimum Gasteiger partial charge on any atom is -0.490 e. The quantitative estimate of drug-likeness (QED) is 0.512. The SMILES string of the molecule is O=C(Cn1nnc2ccccc21)N1CCOC(CN2CCC(Oc3ccc(Cl)c(Cl)c3)CC2)C1. The van der Waals surface area contributed by atoms with E-state index in [0.717, 1.165) is 49.3 Å². The van der Waals surface area contributed by atoms with E-state index in [9.17, 15) is 4.79 Å². The zero-order chi connectivity index (χ0) is 23.5. The van der Waals surface area contributed by atoms with Crippen LogP contribution in [0.2, 0.25) is 10.0 Å². The minimum atomic E-state index is -0.00210. The van der Waals surface area contributed by atoms with Crippen LogP contribution in [-0.2, 0) is 16.1 Å². The van der Waals surface area contributed by atoms with Gasteiger partial charge in [0.25, 0.3) is 0 Å². The molecule has 1 amide bonds. The van der Waals surface area contributed by atoms with Gasteiger partial charge in [0, 0.05) is 38.8 Å². The minimum absolute atomic E-state index is 0.00210. The summed E-state index contributed by atoms with van der Waals surface area (Å²) in [6.45, 7) is 4.56. The number of fused-ring (bicyclic) bond motifs is 1. The summed E-state index contributed by atoms with van der Waals surface area (Å²) in [7, 11) is 0. The van der Waals surface area contributed by atoms with Crippen molar-refractivity contribution in [3.8, 4) is 5.75 Å². The van der Waals surface area contributed by atoms with E-state index in [-0.39, 0.29) is 24.7 Å². The number of amides is 1. The van der Waals surface area contributed by atoms with Gasteiger partial charge in [-0.15, -0.1) is 5.10 Å². The molecule has 1 aromatic heterocycles. The molecule has 1 unspecified atom stereocenters. The normalized spacial score (nSPS) is 20.1. The molecule has 5 rings (SSSR count).